The molecule has 114 valence electrons. The molecule has 1 atom stereocenters. The summed E-state index contributed by atoms with van der Waals surface area (Å²) in [6.07, 6.45) is 6.11. The third-order valence-electron chi connectivity index (χ3n) is 3.37. The molecule has 0 radical (unpaired) electrons. The van der Waals surface area contributed by atoms with E-state index in [0.717, 1.165) is 38.0 Å². The number of rotatable bonds is 9. The van der Waals surface area contributed by atoms with Crippen LogP contribution in [0.2, 0.25) is 0 Å². The monoisotopic (exact) mass is 309 g/mol. The van der Waals surface area contributed by atoms with Crippen LogP contribution in [0.4, 0.5) is 0 Å². The second kappa shape index (κ2) is 9.18. The minimum atomic E-state index is -3.27. The summed E-state index contributed by atoms with van der Waals surface area (Å²) in [6.45, 7) is 2.73. The van der Waals surface area contributed by atoms with E-state index >= 15 is 0 Å². The SMILES string of the molecule is CNCC1CCCN(S(=O)(=O)NCCCCSC)C1. The highest BCUT2D eigenvalue weighted by Gasteiger charge is 2.27. The fraction of sp³-hybridized carbons (Fsp3) is 1.00. The molecule has 1 aliphatic rings. The normalized spacial score (nSPS) is 21.7. The molecule has 7 heteroatoms. The summed E-state index contributed by atoms with van der Waals surface area (Å²) in [4.78, 5) is 0. The average molecular weight is 310 g/mol. The molecule has 5 nitrogen and oxygen atoms in total. The first-order chi connectivity index (χ1) is 9.10. The highest BCUT2D eigenvalue weighted by Crippen LogP contribution is 2.17. The predicted molar refractivity (Wildman–Crippen MR) is 82.8 cm³/mol. The van der Waals surface area contributed by atoms with Crippen molar-refractivity contribution < 1.29 is 8.42 Å². The summed E-state index contributed by atoms with van der Waals surface area (Å²) in [5.74, 6) is 1.53. The van der Waals surface area contributed by atoms with Crippen LogP contribution in [0, 0.1) is 5.92 Å². The van der Waals surface area contributed by atoms with Crippen LogP contribution < -0.4 is 10.0 Å². The van der Waals surface area contributed by atoms with Gasteiger partial charge in [-0.1, -0.05) is 0 Å². The molecule has 1 aliphatic heterocycles. The molecule has 1 rings (SSSR count). The van der Waals surface area contributed by atoms with Crippen LogP contribution in [0.3, 0.4) is 0 Å². The average Bonchev–Trinajstić information content (AvgIpc) is 2.39. The van der Waals surface area contributed by atoms with Crippen LogP contribution in [0.25, 0.3) is 0 Å². The van der Waals surface area contributed by atoms with Crippen molar-refractivity contribution in [3.8, 4) is 0 Å². The first kappa shape index (κ1) is 17.2. The number of nitrogens with one attached hydrogen (secondary N) is 2. The van der Waals surface area contributed by atoms with Crippen molar-refractivity contribution in [3.63, 3.8) is 0 Å². The lowest BCUT2D eigenvalue weighted by Crippen LogP contribution is -2.47. The van der Waals surface area contributed by atoms with E-state index < -0.39 is 10.2 Å². The Bertz CT molecular complexity index is 334. The van der Waals surface area contributed by atoms with E-state index in [-0.39, 0.29) is 0 Å². The molecule has 2 N–H and O–H groups in total. The van der Waals surface area contributed by atoms with Gasteiger partial charge in [0.2, 0.25) is 0 Å². The van der Waals surface area contributed by atoms with Gasteiger partial charge >= 0.3 is 0 Å². The quantitative estimate of drug-likeness (QED) is 0.621. The van der Waals surface area contributed by atoms with Crippen molar-refractivity contribution in [1.29, 1.82) is 0 Å². The molecule has 19 heavy (non-hydrogen) atoms. The van der Waals surface area contributed by atoms with Crippen LogP contribution in [0.5, 0.6) is 0 Å². The first-order valence-corrected chi connectivity index (χ1v) is 9.82. The standard InChI is InChI=1S/C12H27N3O2S2/c1-13-10-12-6-5-8-15(11-12)19(16,17)14-7-3-4-9-18-2/h12-14H,3-11H2,1-2H3. The number of hydrogen-bond acceptors (Lipinski definition) is 4. The van der Waals surface area contributed by atoms with Crippen molar-refractivity contribution in [2.24, 2.45) is 5.92 Å². The Morgan fingerprint density at radius 2 is 2.16 bits per heavy atom. The lowest BCUT2D eigenvalue weighted by atomic mass is 10.00. The Kier molecular flexibility index (Phi) is 8.32. The fourth-order valence-corrected chi connectivity index (χ4v) is 4.22. The van der Waals surface area contributed by atoms with Crippen LogP contribution in [0.15, 0.2) is 0 Å². The molecule has 1 saturated heterocycles. The zero-order valence-electron chi connectivity index (χ0n) is 12.0. The molecule has 0 spiro atoms. The molecule has 0 aliphatic carbocycles. The number of thioether (sulfide) groups is 1. The Labute approximate surface area is 122 Å². The highest BCUT2D eigenvalue weighted by atomic mass is 32.2. The molecule has 0 saturated carbocycles. The maximum Gasteiger partial charge on any atom is 0.279 e. The van der Waals surface area contributed by atoms with Crippen LogP contribution in [-0.4, -0.2) is 58.0 Å². The van der Waals surface area contributed by atoms with Crippen LogP contribution in [-0.2, 0) is 10.2 Å². The van der Waals surface area contributed by atoms with Crippen molar-refractivity contribution >= 4 is 22.0 Å². The topological polar surface area (TPSA) is 61.4 Å². The van der Waals surface area contributed by atoms with E-state index in [4.69, 9.17) is 0 Å². The largest absolute Gasteiger partial charge is 0.319 e. The summed E-state index contributed by atoms with van der Waals surface area (Å²) in [5, 5.41) is 3.13. The lowest BCUT2D eigenvalue weighted by molar-refractivity contribution is 0.261. The number of hydrogen-bond donors (Lipinski definition) is 2. The fourth-order valence-electron chi connectivity index (χ4n) is 2.36. The van der Waals surface area contributed by atoms with Crippen molar-refractivity contribution in [2.45, 2.75) is 25.7 Å². The third-order valence-corrected chi connectivity index (χ3v) is 5.65. The van der Waals surface area contributed by atoms with E-state index in [2.05, 4.69) is 16.3 Å². The second-order valence-electron chi connectivity index (χ2n) is 5.02. The van der Waals surface area contributed by atoms with E-state index in [1.807, 2.05) is 7.05 Å². The lowest BCUT2D eigenvalue weighted by Gasteiger charge is -2.31. The van der Waals surface area contributed by atoms with Crippen molar-refractivity contribution in [1.82, 2.24) is 14.3 Å². The van der Waals surface area contributed by atoms with Gasteiger partial charge in [-0.25, -0.2) is 4.72 Å². The summed E-state index contributed by atoms with van der Waals surface area (Å²) in [7, 11) is -1.36. The maximum absolute atomic E-state index is 12.2. The Morgan fingerprint density at radius 3 is 2.84 bits per heavy atom. The van der Waals surface area contributed by atoms with Gasteiger partial charge in [0.25, 0.3) is 10.2 Å². The van der Waals surface area contributed by atoms with Crippen molar-refractivity contribution in [2.75, 3.05) is 45.2 Å². The van der Waals surface area contributed by atoms with Gasteiger partial charge in [-0.05, 0) is 57.2 Å². The van der Waals surface area contributed by atoms with Gasteiger partial charge in [0.15, 0.2) is 0 Å². The summed E-state index contributed by atoms with van der Waals surface area (Å²) < 4.78 is 28.6. The highest BCUT2D eigenvalue weighted by molar-refractivity contribution is 7.98. The number of piperidine rings is 1. The first-order valence-electron chi connectivity index (χ1n) is 6.98. The van der Waals surface area contributed by atoms with Crippen LogP contribution >= 0.6 is 11.8 Å². The predicted octanol–water partition coefficient (Wildman–Crippen LogP) is 0.895. The molecule has 1 fully saturated rings. The van der Waals surface area contributed by atoms with Gasteiger partial charge in [-0.3, -0.25) is 0 Å². The molecular formula is C12H27N3O2S2. The van der Waals surface area contributed by atoms with E-state index in [0.29, 0.717) is 25.6 Å². The second-order valence-corrected chi connectivity index (χ2v) is 7.76. The third kappa shape index (κ3) is 6.44. The van der Waals surface area contributed by atoms with E-state index in [1.54, 1.807) is 16.1 Å². The van der Waals surface area contributed by atoms with Gasteiger partial charge in [0.1, 0.15) is 0 Å². The van der Waals surface area contributed by atoms with Gasteiger partial charge in [-0.15, -0.1) is 0 Å². The molecule has 1 unspecified atom stereocenters. The Morgan fingerprint density at radius 1 is 1.37 bits per heavy atom. The zero-order valence-corrected chi connectivity index (χ0v) is 13.7. The smallest absolute Gasteiger partial charge is 0.279 e. The minimum Gasteiger partial charge on any atom is -0.319 e. The molecule has 0 aromatic carbocycles. The number of nitrogens with zero attached hydrogens (tertiary/aromatic N) is 1. The van der Waals surface area contributed by atoms with Gasteiger partial charge in [-0.2, -0.15) is 24.5 Å². The van der Waals surface area contributed by atoms with Gasteiger partial charge in [0.05, 0.1) is 0 Å². The van der Waals surface area contributed by atoms with Crippen molar-refractivity contribution in [3.05, 3.63) is 0 Å². The summed E-state index contributed by atoms with van der Waals surface area (Å²) in [5.41, 5.74) is 0. The Hall–Kier alpha value is 0.180. The molecule has 0 amide bonds. The molecular weight excluding hydrogens is 282 g/mol. The summed E-state index contributed by atoms with van der Waals surface area (Å²) in [6, 6.07) is 0. The van der Waals surface area contributed by atoms with Gasteiger partial charge < -0.3 is 5.32 Å². The molecule has 0 aromatic rings. The minimum absolute atomic E-state index is 0.437. The van der Waals surface area contributed by atoms with Gasteiger partial charge in [0, 0.05) is 19.6 Å². The maximum atomic E-state index is 12.2. The summed E-state index contributed by atoms with van der Waals surface area (Å²) >= 11 is 1.80. The Balaban J connectivity index is 2.34. The van der Waals surface area contributed by atoms with E-state index in [1.165, 1.54) is 0 Å². The molecule has 0 bridgehead atoms. The molecule has 1 heterocycles. The van der Waals surface area contributed by atoms with Crippen LogP contribution in [0.1, 0.15) is 25.7 Å². The zero-order chi connectivity index (χ0) is 14.1. The van der Waals surface area contributed by atoms with E-state index in [9.17, 15) is 8.42 Å². The number of unbranched alkanes of at least 4 members (excludes halogenated alkanes) is 1. The molecule has 0 aromatic heterocycles.